The minimum absolute atomic E-state index is 0.292. The summed E-state index contributed by atoms with van der Waals surface area (Å²) < 4.78 is 5.36. The van der Waals surface area contributed by atoms with Crippen LogP contribution < -0.4 is 4.90 Å². The molecule has 0 saturated carbocycles. The van der Waals surface area contributed by atoms with E-state index in [-0.39, 0.29) is 0 Å². The molecule has 2 aliphatic heterocycles. The first kappa shape index (κ1) is 15.2. The molecule has 3 heterocycles. The number of rotatable bonds is 4. The molecule has 0 unspecified atom stereocenters. The minimum atomic E-state index is 0.292. The fourth-order valence-corrected chi connectivity index (χ4v) is 3.13. The van der Waals surface area contributed by atoms with Gasteiger partial charge in [0.1, 0.15) is 0 Å². The maximum atomic E-state index is 12.3. The highest BCUT2D eigenvalue weighted by molar-refractivity contribution is 5.76. The van der Waals surface area contributed by atoms with Crippen molar-refractivity contribution in [1.82, 2.24) is 14.9 Å². The summed E-state index contributed by atoms with van der Waals surface area (Å²) in [6.07, 6.45) is 7.40. The molecule has 2 fully saturated rings. The summed E-state index contributed by atoms with van der Waals surface area (Å²) in [4.78, 5) is 25.0. The van der Waals surface area contributed by atoms with E-state index in [4.69, 9.17) is 4.74 Å². The number of anilines is 1. The van der Waals surface area contributed by atoms with Crippen molar-refractivity contribution in [3.05, 3.63) is 18.5 Å². The largest absolute Gasteiger partial charge is 0.381 e. The van der Waals surface area contributed by atoms with E-state index < -0.39 is 0 Å². The molecule has 2 aliphatic rings. The second kappa shape index (κ2) is 7.54. The third-order valence-corrected chi connectivity index (χ3v) is 4.57. The number of piperazine rings is 1. The molecule has 0 atom stereocenters. The fourth-order valence-electron chi connectivity index (χ4n) is 3.13. The van der Waals surface area contributed by atoms with Gasteiger partial charge in [-0.25, -0.2) is 9.97 Å². The van der Waals surface area contributed by atoms with Gasteiger partial charge in [0.15, 0.2) is 0 Å². The highest BCUT2D eigenvalue weighted by atomic mass is 16.5. The normalized spacial score (nSPS) is 20.2. The van der Waals surface area contributed by atoms with E-state index in [1.165, 1.54) is 0 Å². The maximum Gasteiger partial charge on any atom is 0.225 e. The Morgan fingerprint density at radius 2 is 1.82 bits per heavy atom. The van der Waals surface area contributed by atoms with Crippen LogP contribution in [0.2, 0.25) is 0 Å². The summed E-state index contributed by atoms with van der Waals surface area (Å²) in [5.41, 5.74) is 0. The van der Waals surface area contributed by atoms with E-state index in [1.807, 2.05) is 11.0 Å². The molecular weight excluding hydrogens is 280 g/mol. The lowest BCUT2D eigenvalue weighted by molar-refractivity contribution is -0.132. The Kier molecular flexibility index (Phi) is 5.21. The van der Waals surface area contributed by atoms with Gasteiger partial charge in [0, 0.05) is 58.2 Å². The molecule has 0 aliphatic carbocycles. The molecule has 3 rings (SSSR count). The lowest BCUT2D eigenvalue weighted by atomic mass is 9.94. The summed E-state index contributed by atoms with van der Waals surface area (Å²) in [5, 5.41) is 0. The predicted molar refractivity (Wildman–Crippen MR) is 83.6 cm³/mol. The van der Waals surface area contributed by atoms with Crippen LogP contribution in [0.15, 0.2) is 18.5 Å². The first-order valence-corrected chi connectivity index (χ1v) is 8.20. The van der Waals surface area contributed by atoms with E-state index in [9.17, 15) is 4.79 Å². The number of nitrogens with zero attached hydrogens (tertiary/aromatic N) is 4. The SMILES string of the molecule is O=C(CCC1CCOCC1)N1CCN(c2ncccn2)CC1. The van der Waals surface area contributed by atoms with Crippen molar-refractivity contribution in [1.29, 1.82) is 0 Å². The molecule has 1 aromatic heterocycles. The lowest BCUT2D eigenvalue weighted by Gasteiger charge is -2.35. The van der Waals surface area contributed by atoms with Crippen molar-refractivity contribution >= 4 is 11.9 Å². The Morgan fingerprint density at radius 1 is 1.14 bits per heavy atom. The van der Waals surface area contributed by atoms with Crippen LogP contribution in [0.25, 0.3) is 0 Å². The quantitative estimate of drug-likeness (QED) is 0.840. The van der Waals surface area contributed by atoms with E-state index in [1.54, 1.807) is 12.4 Å². The molecule has 0 bridgehead atoms. The second-order valence-electron chi connectivity index (χ2n) is 6.01. The van der Waals surface area contributed by atoms with Gasteiger partial charge in [-0.1, -0.05) is 0 Å². The van der Waals surface area contributed by atoms with Crippen LogP contribution in [0.5, 0.6) is 0 Å². The van der Waals surface area contributed by atoms with Crippen molar-refractivity contribution in [2.45, 2.75) is 25.7 Å². The number of ether oxygens (including phenoxy) is 1. The molecule has 0 N–H and O–H groups in total. The number of amides is 1. The van der Waals surface area contributed by atoms with Gasteiger partial charge in [-0.15, -0.1) is 0 Å². The van der Waals surface area contributed by atoms with Gasteiger partial charge in [0.25, 0.3) is 0 Å². The monoisotopic (exact) mass is 304 g/mol. The van der Waals surface area contributed by atoms with Crippen LogP contribution in [0.4, 0.5) is 5.95 Å². The molecule has 1 aromatic rings. The van der Waals surface area contributed by atoms with E-state index in [2.05, 4.69) is 14.9 Å². The summed E-state index contributed by atoms with van der Waals surface area (Å²) in [6.45, 7) is 4.87. The van der Waals surface area contributed by atoms with Gasteiger partial charge >= 0.3 is 0 Å². The average molecular weight is 304 g/mol. The van der Waals surface area contributed by atoms with Gasteiger partial charge in [0.2, 0.25) is 11.9 Å². The number of hydrogen-bond acceptors (Lipinski definition) is 5. The average Bonchev–Trinajstić information content (AvgIpc) is 2.61. The van der Waals surface area contributed by atoms with Crippen LogP contribution in [-0.4, -0.2) is 60.2 Å². The standard InChI is InChI=1S/C16H24N4O2/c21-15(3-2-14-4-12-22-13-5-14)19-8-10-20(11-9-19)16-17-6-1-7-18-16/h1,6-7,14H,2-5,8-13H2. The number of hydrogen-bond donors (Lipinski definition) is 0. The molecule has 2 saturated heterocycles. The van der Waals surface area contributed by atoms with Crippen molar-refractivity contribution in [3.63, 3.8) is 0 Å². The molecule has 6 nitrogen and oxygen atoms in total. The molecule has 22 heavy (non-hydrogen) atoms. The molecule has 0 aromatic carbocycles. The summed E-state index contributed by atoms with van der Waals surface area (Å²) >= 11 is 0. The Labute approximate surface area is 131 Å². The van der Waals surface area contributed by atoms with E-state index in [0.717, 1.165) is 64.6 Å². The van der Waals surface area contributed by atoms with Crippen LogP contribution in [0, 0.1) is 5.92 Å². The summed E-state index contributed by atoms with van der Waals surface area (Å²) in [7, 11) is 0. The maximum absolute atomic E-state index is 12.3. The zero-order chi connectivity index (χ0) is 15.2. The fraction of sp³-hybridized carbons (Fsp3) is 0.688. The second-order valence-corrected chi connectivity index (χ2v) is 6.01. The highest BCUT2D eigenvalue weighted by Crippen LogP contribution is 2.21. The lowest BCUT2D eigenvalue weighted by Crippen LogP contribution is -2.49. The van der Waals surface area contributed by atoms with Crippen molar-refractivity contribution in [2.75, 3.05) is 44.3 Å². The molecule has 0 radical (unpaired) electrons. The van der Waals surface area contributed by atoms with Crippen LogP contribution >= 0.6 is 0 Å². The number of aromatic nitrogens is 2. The molecule has 120 valence electrons. The van der Waals surface area contributed by atoms with Crippen molar-refractivity contribution in [3.8, 4) is 0 Å². The Bertz CT molecular complexity index is 468. The smallest absolute Gasteiger partial charge is 0.225 e. The Balaban J connectivity index is 1.41. The number of carbonyl (C=O) groups is 1. The predicted octanol–water partition coefficient (Wildman–Crippen LogP) is 1.33. The minimum Gasteiger partial charge on any atom is -0.381 e. The molecular formula is C16H24N4O2. The molecule has 0 spiro atoms. The summed E-state index contributed by atoms with van der Waals surface area (Å²) in [5.74, 6) is 1.72. The van der Waals surface area contributed by atoms with Gasteiger partial charge < -0.3 is 14.5 Å². The van der Waals surface area contributed by atoms with Crippen LogP contribution in [0.1, 0.15) is 25.7 Å². The van der Waals surface area contributed by atoms with Crippen LogP contribution in [0.3, 0.4) is 0 Å². The highest BCUT2D eigenvalue weighted by Gasteiger charge is 2.23. The molecule has 6 heteroatoms. The molecule has 1 amide bonds. The third kappa shape index (κ3) is 3.94. The van der Waals surface area contributed by atoms with Crippen molar-refractivity contribution < 1.29 is 9.53 Å². The first-order chi connectivity index (χ1) is 10.8. The van der Waals surface area contributed by atoms with E-state index >= 15 is 0 Å². The van der Waals surface area contributed by atoms with Gasteiger partial charge in [-0.2, -0.15) is 0 Å². The van der Waals surface area contributed by atoms with Crippen molar-refractivity contribution in [2.24, 2.45) is 5.92 Å². The van der Waals surface area contributed by atoms with Gasteiger partial charge in [0.05, 0.1) is 0 Å². The zero-order valence-corrected chi connectivity index (χ0v) is 13.0. The summed E-state index contributed by atoms with van der Waals surface area (Å²) in [6, 6.07) is 1.82. The van der Waals surface area contributed by atoms with E-state index in [0.29, 0.717) is 18.2 Å². The third-order valence-electron chi connectivity index (χ3n) is 4.57. The van der Waals surface area contributed by atoms with Gasteiger partial charge in [-0.05, 0) is 31.2 Å². The Morgan fingerprint density at radius 3 is 2.50 bits per heavy atom. The topological polar surface area (TPSA) is 58.6 Å². The zero-order valence-electron chi connectivity index (χ0n) is 13.0. The Hall–Kier alpha value is -1.69. The first-order valence-electron chi connectivity index (χ1n) is 8.20. The van der Waals surface area contributed by atoms with Gasteiger partial charge in [-0.3, -0.25) is 4.79 Å². The number of carbonyl (C=O) groups excluding carboxylic acids is 1. The van der Waals surface area contributed by atoms with Crippen LogP contribution in [-0.2, 0) is 9.53 Å².